The number of rotatable bonds is 2. The summed E-state index contributed by atoms with van der Waals surface area (Å²) in [4.78, 5) is 29.3. The molecule has 7 nitrogen and oxygen atoms in total. The number of aromatic amines is 1. The number of aromatic nitrogens is 4. The molecule has 2 rings (SSSR count). The molecule has 0 amide bonds. The number of H-pyrrole nitrogens is 1. The maximum absolute atomic E-state index is 11.6. The highest BCUT2D eigenvalue weighted by Crippen LogP contribution is 2.10. The number of hydrogen-bond acceptors (Lipinski definition) is 4. The second kappa shape index (κ2) is 4.10. The highest BCUT2D eigenvalue weighted by molar-refractivity contribution is 5.88. The molecule has 0 aliphatic heterocycles. The lowest BCUT2D eigenvalue weighted by Crippen LogP contribution is -2.18. The first-order valence-corrected chi connectivity index (χ1v) is 5.27. The Hall–Kier alpha value is -2.44. The van der Waals surface area contributed by atoms with Crippen molar-refractivity contribution in [3.05, 3.63) is 39.1 Å². The molecular formula is C11H12N4O3. The van der Waals surface area contributed by atoms with E-state index < -0.39 is 5.97 Å². The minimum Gasteiger partial charge on any atom is -0.478 e. The van der Waals surface area contributed by atoms with Crippen LogP contribution in [0.25, 0.3) is 5.95 Å². The Labute approximate surface area is 102 Å². The van der Waals surface area contributed by atoms with Gasteiger partial charge >= 0.3 is 5.97 Å². The molecule has 18 heavy (non-hydrogen) atoms. The summed E-state index contributed by atoms with van der Waals surface area (Å²) in [6, 6.07) is 0. The molecule has 0 radical (unpaired) electrons. The average Bonchev–Trinajstić information content (AvgIpc) is 2.67. The molecule has 94 valence electrons. The standard InChI is InChI=1S/C11H12N4O3/c1-5-6(2)13-11(14-9(5)16)15-7(3)8(4-12-15)10(17)18/h4H,1-3H3,(H,17,18)(H,13,14,16). The van der Waals surface area contributed by atoms with Gasteiger partial charge in [0.25, 0.3) is 5.56 Å². The molecule has 0 fully saturated rings. The Balaban J connectivity index is 2.63. The zero-order valence-corrected chi connectivity index (χ0v) is 10.2. The van der Waals surface area contributed by atoms with Gasteiger partial charge < -0.3 is 5.11 Å². The van der Waals surface area contributed by atoms with Crippen molar-refractivity contribution >= 4 is 5.97 Å². The van der Waals surface area contributed by atoms with E-state index in [2.05, 4.69) is 15.1 Å². The van der Waals surface area contributed by atoms with Crippen molar-refractivity contribution in [3.8, 4) is 5.95 Å². The van der Waals surface area contributed by atoms with E-state index in [9.17, 15) is 9.59 Å². The van der Waals surface area contributed by atoms with Gasteiger partial charge in [0, 0.05) is 11.3 Å². The summed E-state index contributed by atoms with van der Waals surface area (Å²) in [6.07, 6.45) is 1.23. The Bertz CT molecular complexity index is 684. The molecule has 0 atom stereocenters. The number of nitrogens with zero attached hydrogens (tertiary/aromatic N) is 3. The number of aromatic carboxylic acids is 1. The van der Waals surface area contributed by atoms with Crippen LogP contribution in [0.4, 0.5) is 0 Å². The first-order chi connectivity index (χ1) is 8.41. The third-order valence-electron chi connectivity index (χ3n) is 2.82. The lowest BCUT2D eigenvalue weighted by Gasteiger charge is -2.05. The van der Waals surface area contributed by atoms with Crippen LogP contribution in [0.1, 0.15) is 27.3 Å². The topological polar surface area (TPSA) is 101 Å². The van der Waals surface area contributed by atoms with Crippen LogP contribution in [0.3, 0.4) is 0 Å². The molecular weight excluding hydrogens is 236 g/mol. The van der Waals surface area contributed by atoms with E-state index >= 15 is 0 Å². The molecule has 0 aliphatic rings. The Kier molecular flexibility index (Phi) is 2.74. The molecule has 0 spiro atoms. The van der Waals surface area contributed by atoms with Gasteiger partial charge in [-0.1, -0.05) is 0 Å². The molecule has 0 bridgehead atoms. The Morgan fingerprint density at radius 3 is 2.56 bits per heavy atom. The van der Waals surface area contributed by atoms with Crippen molar-refractivity contribution in [2.75, 3.05) is 0 Å². The fourth-order valence-corrected chi connectivity index (χ4v) is 1.56. The SMILES string of the molecule is Cc1nc(-n2ncc(C(=O)O)c2C)[nH]c(=O)c1C. The van der Waals surface area contributed by atoms with Crippen LogP contribution in [0.15, 0.2) is 11.0 Å². The first-order valence-electron chi connectivity index (χ1n) is 5.27. The lowest BCUT2D eigenvalue weighted by atomic mass is 10.2. The van der Waals surface area contributed by atoms with Crippen LogP contribution in [0, 0.1) is 20.8 Å². The predicted octanol–water partition coefficient (Wildman–Crippen LogP) is 0.579. The molecule has 2 aromatic heterocycles. The van der Waals surface area contributed by atoms with Crippen LogP contribution in [0.5, 0.6) is 0 Å². The highest BCUT2D eigenvalue weighted by Gasteiger charge is 2.15. The second-order valence-corrected chi connectivity index (χ2v) is 3.96. The van der Waals surface area contributed by atoms with E-state index in [-0.39, 0.29) is 17.1 Å². The van der Waals surface area contributed by atoms with Crippen molar-refractivity contribution in [2.45, 2.75) is 20.8 Å². The van der Waals surface area contributed by atoms with Gasteiger partial charge in [-0.2, -0.15) is 5.10 Å². The van der Waals surface area contributed by atoms with Crippen molar-refractivity contribution in [1.82, 2.24) is 19.7 Å². The number of hydrogen-bond donors (Lipinski definition) is 2. The summed E-state index contributed by atoms with van der Waals surface area (Å²) in [6.45, 7) is 4.99. The van der Waals surface area contributed by atoms with Crippen molar-refractivity contribution < 1.29 is 9.90 Å². The van der Waals surface area contributed by atoms with Crippen LogP contribution < -0.4 is 5.56 Å². The van der Waals surface area contributed by atoms with Gasteiger partial charge in [-0.25, -0.2) is 14.5 Å². The fourth-order valence-electron chi connectivity index (χ4n) is 1.56. The molecule has 2 aromatic rings. The van der Waals surface area contributed by atoms with E-state index in [1.54, 1.807) is 20.8 Å². The summed E-state index contributed by atoms with van der Waals surface area (Å²) in [5.74, 6) is -0.849. The molecule has 7 heteroatoms. The summed E-state index contributed by atoms with van der Waals surface area (Å²) < 4.78 is 1.30. The maximum Gasteiger partial charge on any atom is 0.339 e. The van der Waals surface area contributed by atoms with E-state index in [0.29, 0.717) is 17.0 Å². The second-order valence-electron chi connectivity index (χ2n) is 3.96. The Morgan fingerprint density at radius 1 is 1.39 bits per heavy atom. The average molecular weight is 248 g/mol. The number of carboxylic acid groups (broad SMARTS) is 1. The van der Waals surface area contributed by atoms with Gasteiger partial charge in [-0.05, 0) is 20.8 Å². The lowest BCUT2D eigenvalue weighted by molar-refractivity contribution is 0.0696. The van der Waals surface area contributed by atoms with Gasteiger partial charge in [0.2, 0.25) is 5.95 Å². The maximum atomic E-state index is 11.6. The van der Waals surface area contributed by atoms with Crippen LogP contribution in [-0.4, -0.2) is 30.8 Å². The molecule has 0 saturated carbocycles. The molecule has 0 unspecified atom stereocenters. The quantitative estimate of drug-likeness (QED) is 0.809. The minimum atomic E-state index is -1.06. The van der Waals surface area contributed by atoms with Crippen molar-refractivity contribution in [1.29, 1.82) is 0 Å². The van der Waals surface area contributed by atoms with E-state index in [4.69, 9.17) is 5.11 Å². The van der Waals surface area contributed by atoms with Crippen LogP contribution in [-0.2, 0) is 0 Å². The highest BCUT2D eigenvalue weighted by atomic mass is 16.4. The number of nitrogens with one attached hydrogen (secondary N) is 1. The normalized spacial score (nSPS) is 10.6. The third-order valence-corrected chi connectivity index (χ3v) is 2.82. The number of aryl methyl sites for hydroxylation is 1. The molecule has 0 saturated heterocycles. The monoisotopic (exact) mass is 248 g/mol. The van der Waals surface area contributed by atoms with Gasteiger partial charge in [0.05, 0.1) is 11.9 Å². The first kappa shape index (κ1) is 12.0. The minimum absolute atomic E-state index is 0.0795. The van der Waals surface area contributed by atoms with Crippen LogP contribution in [0.2, 0.25) is 0 Å². The molecule has 2 heterocycles. The predicted molar refractivity (Wildman–Crippen MR) is 63.2 cm³/mol. The zero-order valence-electron chi connectivity index (χ0n) is 10.2. The summed E-state index contributed by atoms with van der Waals surface area (Å²) in [5, 5.41) is 12.9. The largest absolute Gasteiger partial charge is 0.478 e. The van der Waals surface area contributed by atoms with Gasteiger partial charge in [0.1, 0.15) is 5.56 Å². The van der Waals surface area contributed by atoms with E-state index in [1.807, 2.05) is 0 Å². The fraction of sp³-hybridized carbons (Fsp3) is 0.273. The van der Waals surface area contributed by atoms with Crippen molar-refractivity contribution in [2.24, 2.45) is 0 Å². The molecule has 0 aliphatic carbocycles. The van der Waals surface area contributed by atoms with Crippen molar-refractivity contribution in [3.63, 3.8) is 0 Å². The molecule has 0 aromatic carbocycles. The van der Waals surface area contributed by atoms with Gasteiger partial charge in [-0.15, -0.1) is 0 Å². The van der Waals surface area contributed by atoms with E-state index in [0.717, 1.165) is 0 Å². The smallest absolute Gasteiger partial charge is 0.339 e. The zero-order chi connectivity index (χ0) is 13.4. The summed E-state index contributed by atoms with van der Waals surface area (Å²) in [7, 11) is 0. The number of carboxylic acids is 1. The van der Waals surface area contributed by atoms with Gasteiger partial charge in [-0.3, -0.25) is 9.78 Å². The Morgan fingerprint density at radius 2 is 2.06 bits per heavy atom. The third kappa shape index (κ3) is 1.79. The number of carbonyl (C=O) groups is 1. The summed E-state index contributed by atoms with van der Waals surface area (Å²) in [5.41, 5.74) is 1.34. The summed E-state index contributed by atoms with van der Waals surface area (Å²) >= 11 is 0. The van der Waals surface area contributed by atoms with E-state index in [1.165, 1.54) is 10.9 Å². The van der Waals surface area contributed by atoms with Gasteiger partial charge in [0.15, 0.2) is 0 Å². The molecule has 2 N–H and O–H groups in total. The van der Waals surface area contributed by atoms with Crippen LogP contribution >= 0.6 is 0 Å².